The van der Waals surface area contributed by atoms with Crippen LogP contribution in [0.25, 0.3) is 65.8 Å². The van der Waals surface area contributed by atoms with Crippen LogP contribution in [0, 0.1) is 0 Å². The largest absolute Gasteiger partial charge is 0.292 e. The van der Waals surface area contributed by atoms with Gasteiger partial charge in [-0.25, -0.2) is 4.98 Å². The second kappa shape index (κ2) is 8.32. The molecule has 5 aromatic carbocycles. The van der Waals surface area contributed by atoms with E-state index in [1.165, 1.54) is 38.1 Å². The number of aromatic nitrogens is 2. The lowest BCUT2D eigenvalue weighted by Gasteiger charge is -2.13. The average Bonchev–Trinajstić information content (AvgIpc) is 3.35. The van der Waals surface area contributed by atoms with Crippen LogP contribution in [0.3, 0.4) is 0 Å². The number of para-hydroxylation sites is 2. The number of allylic oxidation sites excluding steroid dienone is 4. The van der Waals surface area contributed by atoms with Crippen LogP contribution < -0.4 is 0 Å². The molecule has 2 heteroatoms. The molecule has 7 rings (SSSR count). The van der Waals surface area contributed by atoms with E-state index in [0.29, 0.717) is 0 Å². The van der Waals surface area contributed by atoms with Crippen LogP contribution in [0.15, 0.2) is 135 Å². The van der Waals surface area contributed by atoms with Crippen LogP contribution in [0.4, 0.5) is 0 Å². The van der Waals surface area contributed by atoms with Crippen molar-refractivity contribution in [3.8, 4) is 11.1 Å². The van der Waals surface area contributed by atoms with Crippen LogP contribution in [0.5, 0.6) is 0 Å². The molecule has 0 spiro atoms. The summed E-state index contributed by atoms with van der Waals surface area (Å²) in [4.78, 5) is 5.10. The van der Waals surface area contributed by atoms with Crippen molar-refractivity contribution in [3.63, 3.8) is 0 Å². The Bertz CT molecular complexity index is 2050. The lowest BCUT2D eigenvalue weighted by atomic mass is 9.96. The maximum absolute atomic E-state index is 5.10. The van der Waals surface area contributed by atoms with E-state index in [0.717, 1.165) is 33.3 Å². The topological polar surface area (TPSA) is 17.3 Å². The summed E-state index contributed by atoms with van der Waals surface area (Å²) in [6, 6.07) is 36.9. The molecule has 2 heterocycles. The number of hydrogen-bond acceptors (Lipinski definition) is 1. The van der Waals surface area contributed by atoms with E-state index >= 15 is 0 Å². The standard InChI is InChI=1S/C35H24N2/c1-3-9-23(4-2)24-14-16-25(17-15-24)27-19-20-29-33(22-27)37-32-13-8-7-12-31(32)36-35(37)30-21-18-26-10-5-6-11-28(26)34(29)30/h3-22H,1-2H2/b23-9+. The molecule has 0 saturated carbocycles. The third-order valence-electron chi connectivity index (χ3n) is 7.31. The van der Waals surface area contributed by atoms with Gasteiger partial charge in [0.05, 0.1) is 16.6 Å². The average molecular weight is 473 g/mol. The highest BCUT2D eigenvalue weighted by Crippen LogP contribution is 2.38. The quantitative estimate of drug-likeness (QED) is 0.184. The molecule has 37 heavy (non-hydrogen) atoms. The van der Waals surface area contributed by atoms with Crippen LogP contribution in [-0.2, 0) is 0 Å². The van der Waals surface area contributed by atoms with Crippen LogP contribution in [-0.4, -0.2) is 9.38 Å². The van der Waals surface area contributed by atoms with Gasteiger partial charge in [-0.2, -0.15) is 0 Å². The summed E-state index contributed by atoms with van der Waals surface area (Å²) in [5, 5.41) is 6.14. The van der Waals surface area contributed by atoms with Gasteiger partial charge in [-0.1, -0.05) is 110 Å². The van der Waals surface area contributed by atoms with Gasteiger partial charge in [0.15, 0.2) is 0 Å². The zero-order valence-corrected chi connectivity index (χ0v) is 20.4. The Labute approximate surface area is 215 Å². The first kappa shape index (κ1) is 21.3. The third-order valence-corrected chi connectivity index (χ3v) is 7.31. The van der Waals surface area contributed by atoms with E-state index in [9.17, 15) is 0 Å². The molecule has 0 fully saturated rings. The van der Waals surface area contributed by atoms with Crippen molar-refractivity contribution in [3.05, 3.63) is 140 Å². The summed E-state index contributed by atoms with van der Waals surface area (Å²) in [6.07, 6.45) is 5.64. The molecule has 0 bridgehead atoms. The van der Waals surface area contributed by atoms with E-state index in [1.807, 2.05) is 12.2 Å². The fourth-order valence-electron chi connectivity index (χ4n) is 5.57. The highest BCUT2D eigenvalue weighted by molar-refractivity contribution is 6.24. The minimum Gasteiger partial charge on any atom is -0.292 e. The van der Waals surface area contributed by atoms with Crippen molar-refractivity contribution < 1.29 is 0 Å². The summed E-state index contributed by atoms with van der Waals surface area (Å²) >= 11 is 0. The molecule has 0 unspecified atom stereocenters. The molecule has 0 aliphatic carbocycles. The van der Waals surface area contributed by atoms with Gasteiger partial charge in [0.1, 0.15) is 5.65 Å². The molecule has 7 aromatic rings. The molecule has 0 amide bonds. The number of hydrogen-bond donors (Lipinski definition) is 0. The van der Waals surface area contributed by atoms with E-state index in [-0.39, 0.29) is 0 Å². The normalized spacial score (nSPS) is 12.2. The lowest BCUT2D eigenvalue weighted by Crippen LogP contribution is -1.93. The van der Waals surface area contributed by atoms with Gasteiger partial charge in [-0.15, -0.1) is 0 Å². The van der Waals surface area contributed by atoms with E-state index in [2.05, 4.69) is 121 Å². The Morgan fingerprint density at radius 1 is 0.676 bits per heavy atom. The number of benzene rings is 5. The van der Waals surface area contributed by atoms with Crippen molar-refractivity contribution in [1.29, 1.82) is 0 Å². The van der Waals surface area contributed by atoms with Gasteiger partial charge in [0.2, 0.25) is 0 Å². The van der Waals surface area contributed by atoms with Crippen LogP contribution >= 0.6 is 0 Å². The Kier molecular flexibility index (Phi) is 4.80. The maximum Gasteiger partial charge on any atom is 0.146 e. The summed E-state index contributed by atoms with van der Waals surface area (Å²) in [5.41, 5.74) is 8.80. The van der Waals surface area contributed by atoms with Gasteiger partial charge >= 0.3 is 0 Å². The fraction of sp³-hybridized carbons (Fsp3) is 0. The summed E-state index contributed by atoms with van der Waals surface area (Å²) < 4.78 is 2.32. The minimum atomic E-state index is 0.993. The molecule has 2 aromatic heterocycles. The molecule has 0 saturated heterocycles. The number of fused-ring (bicyclic) bond motifs is 10. The Balaban J connectivity index is 1.56. The van der Waals surface area contributed by atoms with Gasteiger partial charge in [0.25, 0.3) is 0 Å². The molecule has 0 aliphatic rings. The van der Waals surface area contributed by atoms with E-state index in [1.54, 1.807) is 6.08 Å². The zero-order valence-electron chi connectivity index (χ0n) is 20.4. The van der Waals surface area contributed by atoms with Crippen LogP contribution in [0.2, 0.25) is 0 Å². The first-order valence-electron chi connectivity index (χ1n) is 12.5. The van der Waals surface area contributed by atoms with Crippen molar-refractivity contribution >= 4 is 54.7 Å². The second-order valence-corrected chi connectivity index (χ2v) is 9.34. The van der Waals surface area contributed by atoms with Crippen molar-refractivity contribution in [2.45, 2.75) is 0 Å². The molecule has 0 atom stereocenters. The summed E-state index contributed by atoms with van der Waals surface area (Å²) in [6.45, 7) is 7.76. The molecular weight excluding hydrogens is 448 g/mol. The first-order chi connectivity index (χ1) is 18.3. The van der Waals surface area contributed by atoms with Gasteiger partial charge in [-0.05, 0) is 57.3 Å². The summed E-state index contributed by atoms with van der Waals surface area (Å²) in [5.74, 6) is 0. The minimum absolute atomic E-state index is 0.993. The predicted molar refractivity (Wildman–Crippen MR) is 159 cm³/mol. The smallest absolute Gasteiger partial charge is 0.146 e. The Morgan fingerprint density at radius 2 is 1.43 bits per heavy atom. The SMILES string of the molecule is C=C/C=C(\C=C)c1ccc(-c2ccc3c4c5ccccc5ccc4c4nc5ccccc5n4c3c2)cc1. The highest BCUT2D eigenvalue weighted by atomic mass is 15.0. The van der Waals surface area contributed by atoms with Crippen molar-refractivity contribution in [2.75, 3.05) is 0 Å². The second-order valence-electron chi connectivity index (χ2n) is 9.34. The monoisotopic (exact) mass is 472 g/mol. The lowest BCUT2D eigenvalue weighted by molar-refractivity contribution is 1.32. The van der Waals surface area contributed by atoms with E-state index < -0.39 is 0 Å². The number of pyridine rings is 1. The maximum atomic E-state index is 5.10. The van der Waals surface area contributed by atoms with E-state index in [4.69, 9.17) is 4.98 Å². The third kappa shape index (κ3) is 3.23. The number of imidazole rings is 1. The van der Waals surface area contributed by atoms with Crippen molar-refractivity contribution in [2.24, 2.45) is 0 Å². The molecular formula is C35H24N2. The first-order valence-corrected chi connectivity index (χ1v) is 12.5. The molecule has 0 aliphatic heterocycles. The number of rotatable bonds is 4. The molecule has 0 radical (unpaired) electrons. The van der Waals surface area contributed by atoms with Gasteiger partial charge in [-0.3, -0.25) is 4.40 Å². The van der Waals surface area contributed by atoms with Gasteiger partial charge < -0.3 is 0 Å². The summed E-state index contributed by atoms with van der Waals surface area (Å²) in [7, 11) is 0. The molecule has 2 nitrogen and oxygen atoms in total. The number of nitrogens with zero attached hydrogens (tertiary/aromatic N) is 2. The molecule has 0 N–H and O–H groups in total. The zero-order chi connectivity index (χ0) is 24.9. The van der Waals surface area contributed by atoms with Crippen LogP contribution in [0.1, 0.15) is 5.56 Å². The van der Waals surface area contributed by atoms with Crippen molar-refractivity contribution in [1.82, 2.24) is 9.38 Å². The highest BCUT2D eigenvalue weighted by Gasteiger charge is 2.16. The molecule has 174 valence electrons. The predicted octanol–water partition coefficient (Wildman–Crippen LogP) is 9.37. The Morgan fingerprint density at radius 3 is 2.27 bits per heavy atom. The van der Waals surface area contributed by atoms with Gasteiger partial charge in [0, 0.05) is 16.2 Å². The Hall–Kier alpha value is -4.95. The fourth-order valence-corrected chi connectivity index (χ4v) is 5.57.